The van der Waals surface area contributed by atoms with Gasteiger partial charge in [-0.2, -0.15) is 5.10 Å². The molecule has 7 heteroatoms. The standard InChI is InChI=1S/C17H15ClF3N3/c1-10-14(17(21)9-4-3-8-13(17)18)16(24(2)23-10)22-15-11(19)6-5-7-12(15)20/h3-9,13,22H,1-2H3. The van der Waals surface area contributed by atoms with Crippen molar-refractivity contribution in [3.63, 3.8) is 0 Å². The van der Waals surface area contributed by atoms with Crippen molar-refractivity contribution in [1.82, 2.24) is 9.78 Å². The van der Waals surface area contributed by atoms with E-state index in [2.05, 4.69) is 10.4 Å². The van der Waals surface area contributed by atoms with Gasteiger partial charge in [-0.1, -0.05) is 24.3 Å². The minimum atomic E-state index is -2.04. The van der Waals surface area contributed by atoms with Crippen LogP contribution in [0, 0.1) is 18.6 Å². The van der Waals surface area contributed by atoms with E-state index in [9.17, 15) is 8.78 Å². The first kappa shape index (κ1) is 16.6. The van der Waals surface area contributed by atoms with Crippen LogP contribution in [0.2, 0.25) is 0 Å². The lowest BCUT2D eigenvalue weighted by Crippen LogP contribution is -2.30. The van der Waals surface area contributed by atoms with E-state index in [1.807, 2.05) is 0 Å². The third-order valence-corrected chi connectivity index (χ3v) is 4.41. The normalized spacial score (nSPS) is 22.8. The van der Waals surface area contributed by atoms with E-state index in [0.717, 1.165) is 12.1 Å². The number of alkyl halides is 2. The molecule has 1 heterocycles. The molecule has 126 valence electrons. The molecule has 1 N–H and O–H groups in total. The zero-order valence-electron chi connectivity index (χ0n) is 13.0. The highest BCUT2D eigenvalue weighted by molar-refractivity contribution is 6.23. The summed E-state index contributed by atoms with van der Waals surface area (Å²) in [5.41, 5.74) is -1.89. The number of allylic oxidation sites excluding steroid dienone is 4. The Morgan fingerprint density at radius 3 is 2.54 bits per heavy atom. The SMILES string of the molecule is Cc1nn(C)c(Nc2c(F)cccc2F)c1C1(F)C=CC=CC1Cl. The highest BCUT2D eigenvalue weighted by atomic mass is 35.5. The first-order valence-electron chi connectivity index (χ1n) is 7.28. The van der Waals surface area contributed by atoms with Gasteiger partial charge in [0.05, 0.1) is 16.6 Å². The van der Waals surface area contributed by atoms with Gasteiger partial charge in [-0.15, -0.1) is 11.6 Å². The van der Waals surface area contributed by atoms with Gasteiger partial charge in [0.1, 0.15) is 23.1 Å². The molecule has 2 aromatic rings. The molecular weight excluding hydrogens is 339 g/mol. The maximum atomic E-state index is 15.6. The number of halogens is 4. The van der Waals surface area contributed by atoms with Crippen LogP contribution in [0.5, 0.6) is 0 Å². The van der Waals surface area contributed by atoms with Crippen LogP contribution in [-0.2, 0) is 12.7 Å². The maximum absolute atomic E-state index is 15.6. The number of benzene rings is 1. The number of anilines is 2. The second-order valence-corrected chi connectivity index (χ2v) is 6.04. The van der Waals surface area contributed by atoms with E-state index in [1.54, 1.807) is 26.1 Å². The van der Waals surface area contributed by atoms with Crippen LogP contribution in [0.1, 0.15) is 11.3 Å². The van der Waals surface area contributed by atoms with E-state index < -0.39 is 22.7 Å². The zero-order valence-corrected chi connectivity index (χ0v) is 13.8. The molecule has 1 aliphatic carbocycles. The molecule has 1 aliphatic rings. The van der Waals surface area contributed by atoms with Crippen LogP contribution in [0.25, 0.3) is 0 Å². The Morgan fingerprint density at radius 1 is 1.25 bits per heavy atom. The predicted octanol–water partition coefficient (Wildman–Crippen LogP) is 4.65. The molecule has 1 aromatic heterocycles. The number of nitrogens with one attached hydrogen (secondary N) is 1. The van der Waals surface area contributed by atoms with Gasteiger partial charge in [-0.25, -0.2) is 13.2 Å². The fourth-order valence-electron chi connectivity index (χ4n) is 2.81. The number of hydrogen-bond donors (Lipinski definition) is 1. The number of rotatable bonds is 3. The highest BCUT2D eigenvalue weighted by Gasteiger charge is 2.42. The Hall–Kier alpha value is -2.21. The van der Waals surface area contributed by atoms with Crippen molar-refractivity contribution in [2.45, 2.75) is 18.0 Å². The van der Waals surface area contributed by atoms with Crippen molar-refractivity contribution in [3.05, 3.63) is 65.4 Å². The topological polar surface area (TPSA) is 29.9 Å². The Kier molecular flexibility index (Phi) is 4.17. The van der Waals surface area contributed by atoms with E-state index in [0.29, 0.717) is 5.69 Å². The van der Waals surface area contributed by atoms with Gasteiger partial charge in [0.15, 0.2) is 5.67 Å². The molecular formula is C17H15ClF3N3. The summed E-state index contributed by atoms with van der Waals surface area (Å²) in [4.78, 5) is 0. The molecule has 1 aromatic carbocycles. The lowest BCUT2D eigenvalue weighted by molar-refractivity contribution is 0.240. The van der Waals surface area contributed by atoms with Gasteiger partial charge >= 0.3 is 0 Å². The number of hydrogen-bond acceptors (Lipinski definition) is 2. The van der Waals surface area contributed by atoms with Crippen LogP contribution in [-0.4, -0.2) is 15.2 Å². The van der Waals surface area contributed by atoms with Gasteiger partial charge < -0.3 is 5.32 Å². The van der Waals surface area contributed by atoms with Crippen LogP contribution < -0.4 is 5.32 Å². The molecule has 0 amide bonds. The molecule has 0 radical (unpaired) electrons. The van der Waals surface area contributed by atoms with E-state index in [-0.39, 0.29) is 17.1 Å². The fraction of sp³-hybridized carbons (Fsp3) is 0.235. The summed E-state index contributed by atoms with van der Waals surface area (Å²) in [5, 5.41) is 5.85. The van der Waals surface area contributed by atoms with E-state index >= 15 is 4.39 Å². The number of para-hydroxylation sites is 1. The number of aromatic nitrogens is 2. The second-order valence-electron chi connectivity index (χ2n) is 5.57. The minimum Gasteiger partial charge on any atom is -0.335 e. The summed E-state index contributed by atoms with van der Waals surface area (Å²) in [5.74, 6) is -1.42. The molecule has 0 fully saturated rings. The average Bonchev–Trinajstić information content (AvgIpc) is 2.80. The molecule has 0 bridgehead atoms. The van der Waals surface area contributed by atoms with Crippen molar-refractivity contribution >= 4 is 23.1 Å². The summed E-state index contributed by atoms with van der Waals surface area (Å²) in [6, 6.07) is 3.49. The largest absolute Gasteiger partial charge is 0.335 e. The summed E-state index contributed by atoms with van der Waals surface area (Å²) >= 11 is 6.15. The minimum absolute atomic E-state index is 0.143. The Bertz CT molecular complexity index is 824. The van der Waals surface area contributed by atoms with Crippen molar-refractivity contribution in [1.29, 1.82) is 0 Å². The monoisotopic (exact) mass is 353 g/mol. The van der Waals surface area contributed by atoms with E-state index in [1.165, 1.54) is 22.9 Å². The molecule has 0 saturated carbocycles. The Morgan fingerprint density at radius 2 is 1.92 bits per heavy atom. The smallest absolute Gasteiger partial charge is 0.179 e. The first-order valence-corrected chi connectivity index (χ1v) is 7.72. The van der Waals surface area contributed by atoms with Crippen molar-refractivity contribution < 1.29 is 13.2 Å². The predicted molar refractivity (Wildman–Crippen MR) is 88.3 cm³/mol. The van der Waals surface area contributed by atoms with Gasteiger partial charge in [0, 0.05) is 7.05 Å². The number of aryl methyl sites for hydroxylation is 2. The molecule has 24 heavy (non-hydrogen) atoms. The first-order chi connectivity index (χ1) is 11.3. The molecule has 2 unspecified atom stereocenters. The summed E-state index contributed by atoms with van der Waals surface area (Å²) in [6.07, 6.45) is 6.02. The van der Waals surface area contributed by atoms with Gasteiger partial charge in [0.25, 0.3) is 0 Å². The molecule has 2 atom stereocenters. The maximum Gasteiger partial charge on any atom is 0.179 e. The summed E-state index contributed by atoms with van der Waals surface area (Å²) < 4.78 is 44.8. The van der Waals surface area contributed by atoms with Crippen LogP contribution in [0.4, 0.5) is 24.7 Å². The van der Waals surface area contributed by atoms with Crippen LogP contribution >= 0.6 is 11.6 Å². The van der Waals surface area contributed by atoms with Gasteiger partial charge in [0.2, 0.25) is 0 Å². The number of nitrogens with zero attached hydrogens (tertiary/aromatic N) is 2. The highest BCUT2D eigenvalue weighted by Crippen LogP contribution is 2.43. The van der Waals surface area contributed by atoms with Crippen LogP contribution in [0.3, 0.4) is 0 Å². The second kappa shape index (κ2) is 6.02. The Labute approximate surface area is 142 Å². The van der Waals surface area contributed by atoms with Gasteiger partial charge in [-0.3, -0.25) is 4.68 Å². The molecule has 0 aliphatic heterocycles. The zero-order chi connectivity index (χ0) is 17.5. The summed E-state index contributed by atoms with van der Waals surface area (Å²) in [6.45, 7) is 1.62. The van der Waals surface area contributed by atoms with Crippen LogP contribution in [0.15, 0.2) is 42.5 Å². The quantitative estimate of drug-likeness (QED) is 0.814. The fourth-order valence-corrected chi connectivity index (χ4v) is 3.07. The molecule has 3 nitrogen and oxygen atoms in total. The van der Waals surface area contributed by atoms with E-state index in [4.69, 9.17) is 11.6 Å². The lowest BCUT2D eigenvalue weighted by Gasteiger charge is -2.28. The molecule has 3 rings (SSSR count). The Balaban J connectivity index is 2.14. The van der Waals surface area contributed by atoms with Crippen molar-refractivity contribution in [2.24, 2.45) is 7.05 Å². The molecule has 0 spiro atoms. The summed E-state index contributed by atoms with van der Waals surface area (Å²) in [7, 11) is 1.56. The van der Waals surface area contributed by atoms with Gasteiger partial charge in [-0.05, 0) is 25.1 Å². The third-order valence-electron chi connectivity index (χ3n) is 3.94. The average molecular weight is 354 g/mol. The lowest BCUT2D eigenvalue weighted by atomic mass is 9.88. The van der Waals surface area contributed by atoms with Crippen molar-refractivity contribution in [2.75, 3.05) is 5.32 Å². The molecule has 0 saturated heterocycles. The third kappa shape index (κ3) is 2.60. The van der Waals surface area contributed by atoms with Crippen molar-refractivity contribution in [3.8, 4) is 0 Å².